The maximum atomic E-state index is 6.12. The fraction of sp³-hybridized carbons (Fsp3) is 1.00. The first kappa shape index (κ1) is 20.3. The molecule has 0 aromatic rings. The van der Waals surface area contributed by atoms with Crippen LogP contribution in [0, 0.1) is 0 Å². The Balaban J connectivity index is 3.65. The predicted octanol–water partition coefficient (Wildman–Crippen LogP) is 4.66. The van der Waals surface area contributed by atoms with E-state index in [0.29, 0.717) is 5.04 Å². The molecule has 5 heteroatoms. The Morgan fingerprint density at radius 2 is 1.45 bits per heavy atom. The lowest BCUT2D eigenvalue weighted by atomic mass is 10.2. The van der Waals surface area contributed by atoms with Gasteiger partial charge in [-0.3, -0.25) is 0 Å². The molecule has 0 amide bonds. The molecule has 0 saturated heterocycles. The minimum atomic E-state index is -1.58. The molecule has 20 heavy (non-hydrogen) atoms. The Labute approximate surface area is 128 Å². The van der Waals surface area contributed by atoms with Crippen molar-refractivity contribution in [1.82, 2.24) is 0 Å². The largest absolute Gasteiger partial charge is 0.418 e. The fourth-order valence-electron chi connectivity index (χ4n) is 1.59. The molecular formula is C15H36O3Si2. The Bertz CT molecular complexity index is 260. The van der Waals surface area contributed by atoms with Crippen LogP contribution in [0.25, 0.3) is 0 Å². The third kappa shape index (κ3) is 8.57. The summed E-state index contributed by atoms with van der Waals surface area (Å²) in [5, 5.41) is 0.293. The van der Waals surface area contributed by atoms with E-state index >= 15 is 0 Å². The van der Waals surface area contributed by atoms with Gasteiger partial charge in [-0.25, -0.2) is 0 Å². The van der Waals surface area contributed by atoms with Gasteiger partial charge in [0.05, 0.1) is 0 Å². The maximum absolute atomic E-state index is 6.12. The van der Waals surface area contributed by atoms with Crippen LogP contribution in [0.1, 0.15) is 34.1 Å². The second kappa shape index (κ2) is 8.68. The van der Waals surface area contributed by atoms with E-state index in [2.05, 4.69) is 53.9 Å². The van der Waals surface area contributed by atoms with Gasteiger partial charge in [0, 0.05) is 26.4 Å². The van der Waals surface area contributed by atoms with Crippen molar-refractivity contribution in [1.29, 1.82) is 0 Å². The zero-order chi connectivity index (χ0) is 15.9. The summed E-state index contributed by atoms with van der Waals surface area (Å²) in [4.78, 5) is 0. The Hall–Kier alpha value is 0.314. The van der Waals surface area contributed by atoms with Crippen LogP contribution in [-0.2, 0) is 13.6 Å². The van der Waals surface area contributed by atoms with Crippen LogP contribution in [0.3, 0.4) is 0 Å². The highest BCUT2D eigenvalue weighted by Gasteiger charge is 2.36. The maximum Gasteiger partial charge on any atom is 0.191 e. The van der Waals surface area contributed by atoms with E-state index in [9.17, 15) is 0 Å². The fourth-order valence-corrected chi connectivity index (χ4v) is 4.24. The van der Waals surface area contributed by atoms with Gasteiger partial charge in [0.25, 0.3) is 0 Å². The highest BCUT2D eigenvalue weighted by molar-refractivity contribution is 6.74. The van der Waals surface area contributed by atoms with Gasteiger partial charge in [0.2, 0.25) is 0 Å². The van der Waals surface area contributed by atoms with Crippen molar-refractivity contribution in [3.05, 3.63) is 0 Å². The lowest BCUT2D eigenvalue weighted by molar-refractivity contribution is 0.125. The molecule has 0 bridgehead atoms. The summed E-state index contributed by atoms with van der Waals surface area (Å²) >= 11 is 0. The quantitative estimate of drug-likeness (QED) is 0.433. The minimum absolute atomic E-state index is 0.293. The molecular weight excluding hydrogens is 284 g/mol. The van der Waals surface area contributed by atoms with Gasteiger partial charge in [-0.15, -0.1) is 0 Å². The van der Waals surface area contributed by atoms with E-state index in [1.54, 1.807) is 0 Å². The van der Waals surface area contributed by atoms with Crippen LogP contribution in [0.2, 0.25) is 37.3 Å². The minimum Gasteiger partial charge on any atom is -0.418 e. The monoisotopic (exact) mass is 320 g/mol. The first-order valence-corrected chi connectivity index (χ1v) is 13.9. The van der Waals surface area contributed by atoms with Gasteiger partial charge in [0.1, 0.15) is 0 Å². The third-order valence-electron chi connectivity index (χ3n) is 4.09. The molecule has 0 atom stereocenters. The van der Waals surface area contributed by atoms with Crippen molar-refractivity contribution in [2.24, 2.45) is 0 Å². The van der Waals surface area contributed by atoms with Crippen molar-refractivity contribution in [2.45, 2.75) is 71.4 Å². The van der Waals surface area contributed by atoms with E-state index in [0.717, 1.165) is 38.9 Å². The average molecular weight is 321 g/mol. The van der Waals surface area contributed by atoms with Crippen LogP contribution in [-0.4, -0.2) is 43.1 Å². The lowest BCUT2D eigenvalue weighted by Crippen LogP contribution is -2.41. The van der Waals surface area contributed by atoms with E-state index in [1.165, 1.54) is 0 Å². The summed E-state index contributed by atoms with van der Waals surface area (Å²) in [6, 6.07) is 1.07. The number of hydrogen-bond donors (Lipinski definition) is 0. The molecule has 0 aliphatic carbocycles. The van der Waals surface area contributed by atoms with Gasteiger partial charge in [-0.1, -0.05) is 20.8 Å². The first-order chi connectivity index (χ1) is 9.02. The lowest BCUT2D eigenvalue weighted by Gasteiger charge is -2.36. The Morgan fingerprint density at radius 3 is 1.95 bits per heavy atom. The smallest absolute Gasteiger partial charge is 0.191 e. The number of hydrogen-bond acceptors (Lipinski definition) is 3. The third-order valence-corrected chi connectivity index (χ3v) is 11.1. The normalized spacial score (nSPS) is 13.8. The molecule has 0 saturated carbocycles. The molecule has 0 N–H and O–H groups in total. The van der Waals surface area contributed by atoms with Crippen LogP contribution in [0.4, 0.5) is 0 Å². The van der Waals surface area contributed by atoms with Crippen LogP contribution in [0.5, 0.6) is 0 Å². The molecule has 3 nitrogen and oxygen atoms in total. The van der Waals surface area contributed by atoms with Gasteiger partial charge < -0.3 is 13.6 Å². The van der Waals surface area contributed by atoms with Crippen LogP contribution in [0.15, 0.2) is 0 Å². The Kier molecular flexibility index (Phi) is 8.82. The van der Waals surface area contributed by atoms with E-state index < -0.39 is 16.6 Å². The van der Waals surface area contributed by atoms with Crippen LogP contribution < -0.4 is 0 Å². The van der Waals surface area contributed by atoms with Crippen LogP contribution >= 0.6 is 0 Å². The number of ether oxygens (including phenoxy) is 1. The second-order valence-corrected chi connectivity index (χ2v) is 16.6. The number of rotatable bonds is 10. The predicted molar refractivity (Wildman–Crippen MR) is 92.5 cm³/mol. The summed E-state index contributed by atoms with van der Waals surface area (Å²) in [7, 11) is -3.06. The SMILES string of the molecule is CCO[Si](C)(C)CCOCCCO[Si](C)(C)C(C)(C)C. The molecule has 0 spiro atoms. The highest BCUT2D eigenvalue weighted by atomic mass is 28.4. The van der Waals surface area contributed by atoms with Crippen molar-refractivity contribution in [3.63, 3.8) is 0 Å². The van der Waals surface area contributed by atoms with Crippen molar-refractivity contribution >= 4 is 16.6 Å². The molecule has 0 heterocycles. The van der Waals surface area contributed by atoms with Gasteiger partial charge >= 0.3 is 0 Å². The van der Waals surface area contributed by atoms with Gasteiger partial charge in [0.15, 0.2) is 16.6 Å². The van der Waals surface area contributed by atoms with E-state index in [-0.39, 0.29) is 0 Å². The summed E-state index contributed by atoms with van der Waals surface area (Å²) in [5.74, 6) is 0. The summed E-state index contributed by atoms with van der Waals surface area (Å²) in [5.41, 5.74) is 0. The van der Waals surface area contributed by atoms with Crippen molar-refractivity contribution in [2.75, 3.05) is 26.4 Å². The molecule has 0 rings (SSSR count). The standard InChI is InChI=1S/C15H36O3Si2/c1-9-17-19(5,6)14-13-16-11-10-12-18-20(7,8)15(2,3)4/h9-14H2,1-8H3. The molecule has 0 radical (unpaired) electrons. The first-order valence-electron chi connectivity index (χ1n) is 7.87. The second-order valence-electron chi connectivity index (χ2n) is 7.52. The highest BCUT2D eigenvalue weighted by Crippen LogP contribution is 2.36. The zero-order valence-electron chi connectivity index (χ0n) is 15.0. The van der Waals surface area contributed by atoms with E-state index in [1.807, 2.05) is 0 Å². The molecule has 0 fully saturated rings. The summed E-state index contributed by atoms with van der Waals surface area (Å²) in [6.07, 6.45) is 0.989. The molecule has 0 aliphatic rings. The summed E-state index contributed by atoms with van der Waals surface area (Å²) < 4.78 is 17.6. The van der Waals surface area contributed by atoms with Crippen molar-refractivity contribution < 1.29 is 13.6 Å². The zero-order valence-corrected chi connectivity index (χ0v) is 17.0. The topological polar surface area (TPSA) is 27.7 Å². The van der Waals surface area contributed by atoms with Gasteiger partial charge in [-0.2, -0.15) is 0 Å². The Morgan fingerprint density at radius 1 is 0.850 bits per heavy atom. The summed E-state index contributed by atoms with van der Waals surface area (Å²) in [6.45, 7) is 21.2. The molecule has 122 valence electrons. The van der Waals surface area contributed by atoms with E-state index in [4.69, 9.17) is 13.6 Å². The molecule has 0 unspecified atom stereocenters. The molecule has 0 aromatic heterocycles. The van der Waals surface area contributed by atoms with Gasteiger partial charge in [-0.05, 0) is 50.6 Å². The molecule has 0 aliphatic heterocycles. The molecule has 0 aromatic carbocycles. The average Bonchev–Trinajstić information content (AvgIpc) is 2.25. The van der Waals surface area contributed by atoms with Crippen molar-refractivity contribution in [3.8, 4) is 0 Å².